The summed E-state index contributed by atoms with van der Waals surface area (Å²) in [7, 11) is 0. The molecule has 0 unspecified atom stereocenters. The predicted octanol–water partition coefficient (Wildman–Crippen LogP) is 9.55. The molecule has 7 rings (SSSR count). The summed E-state index contributed by atoms with van der Waals surface area (Å²) >= 11 is -1.86. The molecule has 0 bridgehead atoms. The van der Waals surface area contributed by atoms with E-state index in [1.165, 1.54) is 5.56 Å². The second-order valence-electron chi connectivity index (χ2n) is 14.7. The van der Waals surface area contributed by atoms with Gasteiger partial charge in [0.1, 0.15) is 5.71 Å². The third-order valence-electron chi connectivity index (χ3n) is 8.16. The smallest absolute Gasteiger partial charge is 0.217 e. The number of para-hydroxylation sites is 2. The van der Waals surface area contributed by atoms with Gasteiger partial charge in [0.15, 0.2) is 0 Å². The molecule has 1 radical (unpaired) electrons. The number of rotatable bonds is 5. The molecule has 0 saturated carbocycles. The van der Waals surface area contributed by atoms with Gasteiger partial charge in [0.25, 0.3) is 0 Å². The second-order valence-corrected chi connectivity index (χ2v) is 25.3. The molecule has 7 aromatic rings. The van der Waals surface area contributed by atoms with E-state index in [-0.39, 0.29) is 25.6 Å². The number of aromatic nitrogens is 5. The van der Waals surface area contributed by atoms with E-state index < -0.39 is 13.3 Å². The summed E-state index contributed by atoms with van der Waals surface area (Å²) in [6.45, 7) is 13.1. The fourth-order valence-electron chi connectivity index (χ4n) is 6.07. The van der Waals surface area contributed by atoms with Crippen molar-refractivity contribution >= 4 is 50.9 Å². The quantitative estimate of drug-likeness (QED) is 0.127. The fourth-order valence-corrected chi connectivity index (χ4v) is 9.40. The van der Waals surface area contributed by atoms with Gasteiger partial charge in [-0.1, -0.05) is 17.7 Å². The van der Waals surface area contributed by atoms with Crippen LogP contribution in [0.1, 0.15) is 45.9 Å². The molecule has 0 saturated heterocycles. The molecule has 6 nitrogen and oxygen atoms in total. The van der Waals surface area contributed by atoms with E-state index >= 15 is 0 Å². The van der Waals surface area contributed by atoms with Gasteiger partial charge in [-0.05, 0) is 63.5 Å². The number of benzene rings is 2. The summed E-state index contributed by atoms with van der Waals surface area (Å²) in [6.07, 6.45) is 6.39. The van der Waals surface area contributed by atoms with E-state index in [4.69, 9.17) is 14.4 Å². The first-order valence-electron chi connectivity index (χ1n) is 16.3. The van der Waals surface area contributed by atoms with Crippen molar-refractivity contribution in [1.29, 1.82) is 0 Å². The van der Waals surface area contributed by atoms with Crippen LogP contribution >= 0.6 is 0 Å². The maximum absolute atomic E-state index is 5.80. The zero-order valence-electron chi connectivity index (χ0n) is 29.3. The van der Waals surface area contributed by atoms with Gasteiger partial charge in [0.05, 0.1) is 16.9 Å². The molecule has 0 amide bonds. The van der Waals surface area contributed by atoms with E-state index in [0.717, 1.165) is 56.6 Å². The predicted molar refractivity (Wildman–Crippen MR) is 197 cm³/mol. The Hall–Kier alpha value is -3.65. The molecule has 48 heavy (non-hydrogen) atoms. The van der Waals surface area contributed by atoms with Crippen LogP contribution in [-0.4, -0.2) is 37.8 Å². The zero-order chi connectivity index (χ0) is 33.5. The molecule has 0 fully saturated rings. The Morgan fingerprint density at radius 1 is 0.875 bits per heavy atom. The minimum atomic E-state index is -1.86. The molecule has 0 atom stereocenters. The average molecular weight is 875 g/mol. The Morgan fingerprint density at radius 2 is 1.62 bits per heavy atom. The summed E-state index contributed by atoms with van der Waals surface area (Å²) < 4.78 is 9.58. The number of aryl methyl sites for hydroxylation is 1. The Kier molecular flexibility index (Phi) is 10.4. The van der Waals surface area contributed by atoms with Gasteiger partial charge in [-0.25, -0.2) is 4.98 Å². The first kappa shape index (κ1) is 35.7. The van der Waals surface area contributed by atoms with Crippen LogP contribution < -0.4 is 4.40 Å². The van der Waals surface area contributed by atoms with Crippen LogP contribution in [0.15, 0.2) is 83.4 Å². The Bertz CT molecular complexity index is 2190. The molecule has 0 aliphatic carbocycles. The first-order valence-corrected chi connectivity index (χ1v) is 23.7. The zero-order valence-corrected chi connectivity index (χ0v) is 33.8. The number of nitrogens with zero attached hydrogens (tertiary/aromatic N) is 5. The van der Waals surface area contributed by atoms with Crippen molar-refractivity contribution in [2.24, 2.45) is 5.92 Å². The van der Waals surface area contributed by atoms with Crippen molar-refractivity contribution < 1.29 is 24.5 Å². The molecule has 5 aromatic heterocycles. The number of hydrogen-bond donors (Lipinski definition) is 0. The molecular formula is C40H43GeIrN5O-2. The van der Waals surface area contributed by atoms with Gasteiger partial charge in [0, 0.05) is 36.7 Å². The molecule has 8 heteroatoms. The van der Waals surface area contributed by atoms with E-state index in [2.05, 4.69) is 109 Å². The summed E-state index contributed by atoms with van der Waals surface area (Å²) in [5, 5.41) is 1.88. The maximum atomic E-state index is 5.80. The third-order valence-corrected chi connectivity index (χ3v) is 12.5. The number of fused-ring (bicyclic) bond motifs is 4. The van der Waals surface area contributed by atoms with Gasteiger partial charge in [0.2, 0.25) is 5.71 Å². The van der Waals surface area contributed by atoms with Gasteiger partial charge in [-0.15, -0.1) is 6.07 Å². The molecule has 0 aliphatic rings. The first-order chi connectivity index (χ1) is 22.3. The topological polar surface area (TPSA) is 69.6 Å². The van der Waals surface area contributed by atoms with E-state index in [9.17, 15) is 0 Å². The number of furan rings is 1. The summed E-state index contributed by atoms with van der Waals surface area (Å²) in [5.41, 5.74) is 8.48. The van der Waals surface area contributed by atoms with Crippen molar-refractivity contribution in [1.82, 2.24) is 24.5 Å². The Labute approximate surface area is 300 Å². The minimum absolute atomic E-state index is 0. The van der Waals surface area contributed by atoms with Crippen molar-refractivity contribution in [2.75, 3.05) is 0 Å². The van der Waals surface area contributed by atoms with Gasteiger partial charge >= 0.3 is 126 Å². The monoisotopic (exact) mass is 876 g/mol. The molecular weight excluding hydrogens is 831 g/mol. The van der Waals surface area contributed by atoms with Crippen molar-refractivity contribution in [3.63, 3.8) is 0 Å². The van der Waals surface area contributed by atoms with Crippen LogP contribution in [0.3, 0.4) is 0 Å². The summed E-state index contributed by atoms with van der Waals surface area (Å²) in [5.74, 6) is 8.85. The standard InChI is InChI=1S/C22H19N4O.C18H24GeN.Ir/c1-13-9-10-15-16-11-14(12-23-20(16)27-21(15)24-13)19-25-17-7-5-6-8-18(17)26(19)22(2,3)4;1-14(2)11-16-12-18(15-9-7-6-8-10-15)20-13-17(16)19(3,4)5;/h5-11H,1-4H3;6-9,12-14H,11H2,1-5H3;/q2*-1;. The van der Waals surface area contributed by atoms with Crippen LogP contribution in [-0.2, 0) is 32.1 Å². The second kappa shape index (κ2) is 14.1. The summed E-state index contributed by atoms with van der Waals surface area (Å²) in [4.78, 5) is 18.5. The minimum Gasteiger partial charge on any atom is -0.467 e. The van der Waals surface area contributed by atoms with Gasteiger partial charge in [-0.3, -0.25) is 4.98 Å². The Balaban J connectivity index is 0.000000193. The number of imidazole rings is 1. The molecule has 0 spiro atoms. The third kappa shape index (κ3) is 7.49. The summed E-state index contributed by atoms with van der Waals surface area (Å²) in [6, 6.07) is 27.9. The van der Waals surface area contributed by atoms with Crippen molar-refractivity contribution in [3.8, 4) is 22.6 Å². The largest absolute Gasteiger partial charge is 0.467 e. The molecule has 5 heterocycles. The normalized spacial score (nSPS) is 12.0. The van der Waals surface area contributed by atoms with Crippen LogP contribution in [0.4, 0.5) is 0 Å². The van der Waals surface area contributed by atoms with Crippen LogP contribution in [0, 0.1) is 25.1 Å². The molecule has 249 valence electrons. The van der Waals surface area contributed by atoms with Crippen LogP contribution in [0.25, 0.3) is 55.9 Å². The molecule has 0 N–H and O–H groups in total. The van der Waals surface area contributed by atoms with Crippen LogP contribution in [0.2, 0.25) is 17.3 Å². The Morgan fingerprint density at radius 3 is 2.31 bits per heavy atom. The average Bonchev–Trinajstić information content (AvgIpc) is 3.59. The van der Waals surface area contributed by atoms with Crippen LogP contribution in [0.5, 0.6) is 0 Å². The van der Waals surface area contributed by atoms with Crippen molar-refractivity contribution in [2.45, 2.75) is 70.8 Å². The van der Waals surface area contributed by atoms with Gasteiger partial charge in [-0.2, -0.15) is 0 Å². The maximum Gasteiger partial charge on any atom is 0.217 e. The van der Waals surface area contributed by atoms with E-state index in [1.807, 2.05) is 55.5 Å². The molecule has 0 aliphatic heterocycles. The number of pyridine rings is 3. The number of hydrogen-bond acceptors (Lipinski definition) is 5. The fraction of sp³-hybridized carbons (Fsp3) is 0.300. The van der Waals surface area contributed by atoms with Crippen molar-refractivity contribution in [3.05, 3.63) is 103 Å². The van der Waals surface area contributed by atoms with E-state index in [0.29, 0.717) is 17.3 Å². The SMILES string of the molecule is CC(C)Cc1cc(-c2[c-]cccc2)nc[c]1[Ge]([CH3])([CH3])[CH3].Cc1ccc2c(n1)oc1n[c-]c(-c3nc4ccccc4n3C(C)(C)C)cc12.[Ir]. The molecule has 2 aromatic carbocycles. The van der Waals surface area contributed by atoms with Gasteiger partial charge < -0.3 is 14.0 Å². The van der Waals surface area contributed by atoms with E-state index in [1.54, 1.807) is 4.40 Å².